The normalized spacial score (nSPS) is 15.4. The van der Waals surface area contributed by atoms with Crippen LogP contribution in [0.3, 0.4) is 0 Å². The number of nitrogens with zero attached hydrogens (tertiary/aromatic N) is 3. The summed E-state index contributed by atoms with van der Waals surface area (Å²) in [4.78, 5) is 45.4. The van der Waals surface area contributed by atoms with Crippen molar-refractivity contribution in [2.75, 3.05) is 12.4 Å². The Hall–Kier alpha value is -3.80. The molecular formula is C27H25Cl2N5O3. The van der Waals surface area contributed by atoms with Crippen LogP contribution in [0.25, 0.3) is 5.69 Å². The van der Waals surface area contributed by atoms with Crippen molar-refractivity contribution in [3.05, 3.63) is 85.2 Å². The predicted molar refractivity (Wildman–Crippen MR) is 145 cm³/mol. The molecule has 0 fully saturated rings. The van der Waals surface area contributed by atoms with Crippen molar-refractivity contribution in [2.45, 2.75) is 38.9 Å². The second kappa shape index (κ2) is 10.7. The first-order chi connectivity index (χ1) is 17.6. The molecule has 2 amide bonds. The summed E-state index contributed by atoms with van der Waals surface area (Å²) >= 11 is 12.1. The first kappa shape index (κ1) is 26.3. The van der Waals surface area contributed by atoms with E-state index < -0.39 is 6.04 Å². The largest absolute Gasteiger partial charge is 0.355 e. The van der Waals surface area contributed by atoms with Gasteiger partial charge in [0.05, 0.1) is 34.0 Å². The Morgan fingerprint density at radius 1 is 1.14 bits per heavy atom. The number of rotatable bonds is 5. The molecule has 0 radical (unpaired) electrons. The van der Waals surface area contributed by atoms with Crippen molar-refractivity contribution >= 4 is 41.0 Å². The number of benzene rings is 2. The first-order valence-electron chi connectivity index (χ1n) is 11.6. The van der Waals surface area contributed by atoms with E-state index in [4.69, 9.17) is 34.6 Å². The molecule has 3 aromatic rings. The highest BCUT2D eigenvalue weighted by molar-refractivity contribution is 6.42. The van der Waals surface area contributed by atoms with Crippen LogP contribution in [0, 0.1) is 12.3 Å². The van der Waals surface area contributed by atoms with Crippen molar-refractivity contribution in [3.8, 4) is 18.0 Å². The summed E-state index contributed by atoms with van der Waals surface area (Å²) in [6.07, 6.45) is 5.89. The first-order valence-corrected chi connectivity index (χ1v) is 12.4. The van der Waals surface area contributed by atoms with Crippen LogP contribution < -0.4 is 16.2 Å². The number of amides is 2. The number of terminal acetylenes is 1. The fourth-order valence-corrected chi connectivity index (χ4v) is 4.50. The summed E-state index contributed by atoms with van der Waals surface area (Å²) in [7, 11) is 1.55. The number of carbonyl (C=O) groups is 2. The quantitative estimate of drug-likeness (QED) is 0.481. The lowest BCUT2D eigenvalue weighted by molar-refractivity contribution is 0.0653. The highest BCUT2D eigenvalue weighted by Crippen LogP contribution is 2.27. The average Bonchev–Trinajstić information content (AvgIpc) is 2.89. The van der Waals surface area contributed by atoms with E-state index >= 15 is 0 Å². The van der Waals surface area contributed by atoms with Crippen LogP contribution in [-0.2, 0) is 13.0 Å². The van der Waals surface area contributed by atoms with Crippen molar-refractivity contribution in [3.63, 3.8) is 0 Å². The number of aromatic nitrogens is 2. The molecule has 190 valence electrons. The second-order valence-electron chi connectivity index (χ2n) is 8.77. The monoisotopic (exact) mass is 537 g/mol. The molecule has 0 saturated carbocycles. The SMILES string of the molecule is C#C[C@H](C)Nc1nc2c(c(=O)n1-c1ccc(C(=O)NC)cc1)C[C@H](C)N(C(=O)c1ccc(Cl)c(Cl)c1)C2. The number of hydrogen-bond donors (Lipinski definition) is 2. The van der Waals surface area contributed by atoms with Crippen molar-refractivity contribution in [1.29, 1.82) is 0 Å². The van der Waals surface area contributed by atoms with Crippen LogP contribution in [0.15, 0.2) is 47.3 Å². The van der Waals surface area contributed by atoms with Gasteiger partial charge in [-0.3, -0.25) is 14.4 Å². The summed E-state index contributed by atoms with van der Waals surface area (Å²) in [6.45, 7) is 3.79. The van der Waals surface area contributed by atoms with Crippen LogP contribution in [0.2, 0.25) is 10.0 Å². The van der Waals surface area contributed by atoms with E-state index in [1.54, 1.807) is 55.3 Å². The van der Waals surface area contributed by atoms with Crippen LogP contribution >= 0.6 is 23.2 Å². The van der Waals surface area contributed by atoms with Crippen molar-refractivity contribution in [2.24, 2.45) is 0 Å². The Morgan fingerprint density at radius 2 is 1.81 bits per heavy atom. The minimum Gasteiger partial charge on any atom is -0.355 e. The third-order valence-corrected chi connectivity index (χ3v) is 6.99. The molecule has 8 nitrogen and oxygen atoms in total. The van der Waals surface area contributed by atoms with Gasteiger partial charge in [0, 0.05) is 29.8 Å². The molecule has 10 heteroatoms. The molecule has 1 aliphatic rings. The maximum atomic E-state index is 13.8. The zero-order valence-corrected chi connectivity index (χ0v) is 22.0. The second-order valence-corrected chi connectivity index (χ2v) is 9.59. The van der Waals surface area contributed by atoms with Gasteiger partial charge in [-0.2, -0.15) is 0 Å². The van der Waals surface area contributed by atoms with Gasteiger partial charge in [-0.05, 0) is 62.7 Å². The molecule has 2 N–H and O–H groups in total. The Bertz CT molecular complexity index is 1480. The summed E-state index contributed by atoms with van der Waals surface area (Å²) < 4.78 is 1.45. The van der Waals surface area contributed by atoms with E-state index in [0.717, 1.165) is 0 Å². The molecule has 0 bridgehead atoms. The number of anilines is 1. The van der Waals surface area contributed by atoms with Gasteiger partial charge < -0.3 is 15.5 Å². The standard InChI is InChI=1S/C27H25Cl2N5O3/c1-5-15(2)31-27-32-23-14-33(25(36)18-8-11-21(28)22(29)13-18)16(3)12-20(23)26(37)34(27)19-9-6-17(7-10-19)24(35)30-4/h1,6-11,13,15-16H,12,14H2,2-4H3,(H,30,35)(H,31,32)/t15-,16-/m0/s1. The molecule has 0 spiro atoms. The molecule has 0 aliphatic carbocycles. The number of fused-ring (bicyclic) bond motifs is 1. The average molecular weight is 538 g/mol. The lowest BCUT2D eigenvalue weighted by atomic mass is 9.98. The molecule has 2 atom stereocenters. The van der Waals surface area contributed by atoms with Crippen LogP contribution in [0.1, 0.15) is 45.8 Å². The van der Waals surface area contributed by atoms with Gasteiger partial charge in [0.2, 0.25) is 5.95 Å². The van der Waals surface area contributed by atoms with Gasteiger partial charge >= 0.3 is 0 Å². The Morgan fingerprint density at radius 3 is 2.43 bits per heavy atom. The van der Waals surface area contributed by atoms with Crippen LogP contribution in [0.5, 0.6) is 0 Å². The zero-order valence-electron chi connectivity index (χ0n) is 20.5. The molecule has 1 aromatic heterocycles. The molecule has 37 heavy (non-hydrogen) atoms. The van der Waals surface area contributed by atoms with Crippen molar-refractivity contribution < 1.29 is 9.59 Å². The van der Waals surface area contributed by atoms with Gasteiger partial charge in [0.15, 0.2) is 0 Å². The fourth-order valence-electron chi connectivity index (χ4n) is 4.20. The maximum Gasteiger partial charge on any atom is 0.263 e. The molecule has 0 saturated heterocycles. The predicted octanol–water partition coefficient (Wildman–Crippen LogP) is 3.92. The number of hydrogen-bond acceptors (Lipinski definition) is 5. The molecular weight excluding hydrogens is 513 g/mol. The smallest absolute Gasteiger partial charge is 0.263 e. The number of nitrogens with one attached hydrogen (secondary N) is 2. The number of halogens is 2. The number of carbonyl (C=O) groups excluding carboxylic acids is 2. The highest BCUT2D eigenvalue weighted by Gasteiger charge is 2.32. The van der Waals surface area contributed by atoms with Gasteiger partial charge in [-0.1, -0.05) is 29.1 Å². The van der Waals surface area contributed by atoms with E-state index in [1.165, 1.54) is 10.6 Å². The van der Waals surface area contributed by atoms with Gasteiger partial charge in [-0.15, -0.1) is 6.42 Å². The fraction of sp³-hybridized carbons (Fsp3) is 0.259. The summed E-state index contributed by atoms with van der Waals surface area (Å²) in [5, 5.41) is 6.32. The molecule has 2 heterocycles. The third kappa shape index (κ3) is 5.19. The lowest BCUT2D eigenvalue weighted by Gasteiger charge is -2.34. The summed E-state index contributed by atoms with van der Waals surface area (Å²) in [5.41, 5.74) is 2.12. The highest BCUT2D eigenvalue weighted by atomic mass is 35.5. The summed E-state index contributed by atoms with van der Waals surface area (Å²) in [6, 6.07) is 10.7. The van der Waals surface area contributed by atoms with Gasteiger partial charge in [0.1, 0.15) is 0 Å². The minimum absolute atomic E-state index is 0.139. The van der Waals surface area contributed by atoms with E-state index in [2.05, 4.69) is 16.6 Å². The van der Waals surface area contributed by atoms with E-state index in [-0.39, 0.29) is 40.9 Å². The molecule has 1 aliphatic heterocycles. The minimum atomic E-state index is -0.419. The molecule has 0 unspecified atom stereocenters. The van der Waals surface area contributed by atoms with E-state index in [0.29, 0.717) is 39.5 Å². The van der Waals surface area contributed by atoms with Crippen molar-refractivity contribution in [1.82, 2.24) is 19.8 Å². The third-order valence-electron chi connectivity index (χ3n) is 6.25. The Kier molecular flexibility index (Phi) is 7.58. The van der Waals surface area contributed by atoms with Crippen LogP contribution in [-0.4, -0.2) is 45.4 Å². The van der Waals surface area contributed by atoms with Gasteiger partial charge in [0.25, 0.3) is 17.4 Å². The topological polar surface area (TPSA) is 96.3 Å². The van der Waals surface area contributed by atoms with E-state index in [9.17, 15) is 14.4 Å². The summed E-state index contributed by atoms with van der Waals surface area (Å²) in [5.74, 6) is 2.36. The molecule has 2 aromatic carbocycles. The Balaban J connectivity index is 1.77. The molecule has 4 rings (SSSR count). The lowest BCUT2D eigenvalue weighted by Crippen LogP contribution is -2.46. The zero-order chi connectivity index (χ0) is 26.9. The van der Waals surface area contributed by atoms with Gasteiger partial charge in [-0.25, -0.2) is 9.55 Å². The maximum absolute atomic E-state index is 13.8. The Labute approximate surface area is 224 Å². The van der Waals surface area contributed by atoms with Crippen LogP contribution in [0.4, 0.5) is 5.95 Å². The van der Waals surface area contributed by atoms with E-state index in [1.807, 2.05) is 6.92 Å².